The van der Waals surface area contributed by atoms with Crippen LogP contribution < -0.4 is 16.5 Å². The highest BCUT2D eigenvalue weighted by molar-refractivity contribution is 7.17. The van der Waals surface area contributed by atoms with Crippen molar-refractivity contribution in [3.05, 3.63) is 60.8 Å². The van der Waals surface area contributed by atoms with Crippen molar-refractivity contribution >= 4 is 50.7 Å². The normalized spacial score (nSPS) is 13.4. The van der Waals surface area contributed by atoms with Gasteiger partial charge >= 0.3 is 0 Å². The molecular weight excluding hydrogens is 400 g/mol. The van der Waals surface area contributed by atoms with Crippen LogP contribution in [0.2, 0.25) is 5.02 Å². The average molecular weight is 417 g/mol. The Bertz CT molecular complexity index is 1200. The van der Waals surface area contributed by atoms with Crippen molar-refractivity contribution in [1.82, 2.24) is 0 Å². The molecule has 4 rings (SSSR count). The molecule has 0 atom stereocenters. The number of rotatable bonds is 3. The van der Waals surface area contributed by atoms with Gasteiger partial charge in [0.1, 0.15) is 10.6 Å². The van der Waals surface area contributed by atoms with Gasteiger partial charge in [-0.05, 0) is 55.9 Å². The third kappa shape index (κ3) is 3.21. The number of amides is 2. The number of hydrogen-bond acceptors (Lipinski definition) is 5. The number of fused-ring (bicyclic) bond motifs is 2. The maximum absolute atomic E-state index is 12.7. The first kappa shape index (κ1) is 18.7. The maximum atomic E-state index is 12.7. The highest BCUT2D eigenvalue weighted by atomic mass is 35.5. The van der Waals surface area contributed by atoms with Crippen molar-refractivity contribution in [2.24, 2.45) is 5.73 Å². The zero-order valence-electron chi connectivity index (χ0n) is 15.1. The number of nitrogens with two attached hydrogens (primary N) is 1. The first-order valence-corrected chi connectivity index (χ1v) is 10.0. The van der Waals surface area contributed by atoms with E-state index in [1.54, 1.807) is 13.0 Å². The molecule has 0 fully saturated rings. The van der Waals surface area contributed by atoms with Crippen molar-refractivity contribution in [3.8, 4) is 0 Å². The molecule has 2 amide bonds. The van der Waals surface area contributed by atoms with E-state index in [4.69, 9.17) is 21.8 Å². The second kappa shape index (κ2) is 7.07. The minimum absolute atomic E-state index is 0.138. The predicted molar refractivity (Wildman–Crippen MR) is 110 cm³/mol. The molecule has 0 radical (unpaired) electrons. The van der Waals surface area contributed by atoms with Crippen LogP contribution in [-0.4, -0.2) is 11.8 Å². The topological polar surface area (TPSA) is 102 Å². The summed E-state index contributed by atoms with van der Waals surface area (Å²) in [4.78, 5) is 38.2. The molecule has 0 saturated carbocycles. The molecule has 6 nitrogen and oxygen atoms in total. The van der Waals surface area contributed by atoms with Gasteiger partial charge in [0.15, 0.2) is 11.2 Å². The number of anilines is 1. The largest absolute Gasteiger partial charge is 0.451 e. The summed E-state index contributed by atoms with van der Waals surface area (Å²) in [5.74, 6) is -1.31. The van der Waals surface area contributed by atoms with E-state index >= 15 is 0 Å². The molecule has 28 heavy (non-hydrogen) atoms. The molecule has 8 heteroatoms. The van der Waals surface area contributed by atoms with Crippen LogP contribution in [0.1, 0.15) is 49.8 Å². The lowest BCUT2D eigenvalue weighted by atomic mass is 9.95. The first-order chi connectivity index (χ1) is 13.3. The van der Waals surface area contributed by atoms with Crippen LogP contribution in [0.4, 0.5) is 5.00 Å². The molecule has 0 aliphatic heterocycles. The molecule has 144 valence electrons. The highest BCUT2D eigenvalue weighted by Crippen LogP contribution is 2.38. The van der Waals surface area contributed by atoms with Gasteiger partial charge < -0.3 is 15.5 Å². The van der Waals surface area contributed by atoms with E-state index in [1.165, 1.54) is 17.4 Å². The first-order valence-electron chi connectivity index (χ1n) is 8.85. The van der Waals surface area contributed by atoms with E-state index in [0.29, 0.717) is 21.0 Å². The number of benzene rings is 1. The molecule has 3 N–H and O–H groups in total. The van der Waals surface area contributed by atoms with Crippen LogP contribution >= 0.6 is 22.9 Å². The van der Waals surface area contributed by atoms with Crippen LogP contribution in [0.3, 0.4) is 0 Å². The fraction of sp³-hybridized carbons (Fsp3) is 0.250. The molecule has 0 bridgehead atoms. The minimum atomic E-state index is -0.604. The van der Waals surface area contributed by atoms with Gasteiger partial charge in [0, 0.05) is 16.0 Å². The van der Waals surface area contributed by atoms with Crippen molar-refractivity contribution in [2.75, 3.05) is 5.32 Å². The van der Waals surface area contributed by atoms with E-state index in [9.17, 15) is 14.4 Å². The van der Waals surface area contributed by atoms with Gasteiger partial charge in [-0.3, -0.25) is 14.4 Å². The third-order valence-electron chi connectivity index (χ3n) is 4.88. The SMILES string of the molecule is Cc1cc2oc(C(=O)Nc3sc4c(c3C(N)=O)CCCC4)cc(=O)c2cc1Cl. The predicted octanol–water partition coefficient (Wildman–Crippen LogP) is 4.05. The fourth-order valence-corrected chi connectivity index (χ4v) is 4.92. The van der Waals surface area contributed by atoms with E-state index in [0.717, 1.165) is 47.8 Å². The number of thiophene rings is 1. The summed E-state index contributed by atoms with van der Waals surface area (Å²) in [7, 11) is 0. The molecular formula is C20H17ClN2O4S. The second-order valence-corrected chi connectivity index (χ2v) is 8.32. The van der Waals surface area contributed by atoms with E-state index < -0.39 is 11.8 Å². The number of hydrogen-bond donors (Lipinski definition) is 2. The second-order valence-electron chi connectivity index (χ2n) is 6.81. The molecule has 0 saturated heterocycles. The zero-order chi connectivity index (χ0) is 20.0. The van der Waals surface area contributed by atoms with Crippen LogP contribution in [0.15, 0.2) is 27.4 Å². The van der Waals surface area contributed by atoms with Gasteiger partial charge in [-0.2, -0.15) is 0 Å². The Morgan fingerprint density at radius 3 is 2.71 bits per heavy atom. The highest BCUT2D eigenvalue weighted by Gasteiger charge is 2.26. The lowest BCUT2D eigenvalue weighted by Gasteiger charge is -2.11. The Morgan fingerprint density at radius 2 is 1.96 bits per heavy atom. The summed E-state index contributed by atoms with van der Waals surface area (Å²) in [6.07, 6.45) is 3.66. The molecule has 3 aromatic rings. The van der Waals surface area contributed by atoms with Crippen LogP contribution in [0.25, 0.3) is 11.0 Å². The van der Waals surface area contributed by atoms with Crippen LogP contribution in [0, 0.1) is 6.92 Å². The number of nitrogens with one attached hydrogen (secondary N) is 1. The number of aryl methyl sites for hydroxylation is 2. The number of halogens is 1. The fourth-order valence-electron chi connectivity index (χ4n) is 3.47. The number of carbonyl (C=O) groups is 2. The van der Waals surface area contributed by atoms with Crippen LogP contribution in [0.5, 0.6) is 0 Å². The quantitative estimate of drug-likeness (QED) is 0.672. The molecule has 0 spiro atoms. The Balaban J connectivity index is 1.73. The summed E-state index contributed by atoms with van der Waals surface area (Å²) in [6, 6.07) is 4.27. The Morgan fingerprint density at radius 1 is 1.21 bits per heavy atom. The lowest BCUT2D eigenvalue weighted by molar-refractivity contribution is 0.0997. The van der Waals surface area contributed by atoms with Gasteiger partial charge in [0.2, 0.25) is 0 Å². The molecule has 2 aromatic heterocycles. The number of carbonyl (C=O) groups excluding carboxylic acids is 2. The summed E-state index contributed by atoms with van der Waals surface area (Å²) >= 11 is 7.42. The Hall–Kier alpha value is -2.64. The molecule has 1 aliphatic carbocycles. The van der Waals surface area contributed by atoms with E-state index in [1.807, 2.05) is 0 Å². The van der Waals surface area contributed by atoms with Crippen molar-refractivity contribution in [2.45, 2.75) is 32.6 Å². The lowest BCUT2D eigenvalue weighted by Crippen LogP contribution is -2.19. The van der Waals surface area contributed by atoms with E-state index in [2.05, 4.69) is 5.32 Å². The van der Waals surface area contributed by atoms with Gasteiger partial charge in [0.05, 0.1) is 10.9 Å². The maximum Gasteiger partial charge on any atom is 0.292 e. The zero-order valence-corrected chi connectivity index (χ0v) is 16.6. The Labute approximate surface area is 169 Å². The molecule has 1 aliphatic rings. The summed E-state index contributed by atoms with van der Waals surface area (Å²) in [5.41, 5.74) is 7.48. The van der Waals surface area contributed by atoms with Gasteiger partial charge in [-0.25, -0.2) is 0 Å². The monoisotopic (exact) mass is 416 g/mol. The number of primary amides is 1. The Kier molecular flexibility index (Phi) is 4.72. The minimum Gasteiger partial charge on any atom is -0.451 e. The van der Waals surface area contributed by atoms with Crippen LogP contribution in [-0.2, 0) is 12.8 Å². The summed E-state index contributed by atoms with van der Waals surface area (Å²) < 4.78 is 5.63. The molecule has 2 heterocycles. The summed E-state index contributed by atoms with van der Waals surface area (Å²) in [5, 5.41) is 3.86. The molecule has 0 unspecified atom stereocenters. The van der Waals surface area contributed by atoms with Gasteiger partial charge in [-0.15, -0.1) is 11.3 Å². The van der Waals surface area contributed by atoms with Gasteiger partial charge in [0.25, 0.3) is 11.8 Å². The molecule has 1 aromatic carbocycles. The third-order valence-corrected chi connectivity index (χ3v) is 6.49. The van der Waals surface area contributed by atoms with Crippen molar-refractivity contribution < 1.29 is 14.0 Å². The standard InChI is InChI=1S/C20H17ClN2O4S/c1-9-6-14-11(7-12(9)21)13(24)8-15(27-14)19(26)23-20-17(18(22)25)10-4-2-3-5-16(10)28-20/h6-8H,2-5H2,1H3,(H2,22,25)(H,23,26). The average Bonchev–Trinajstić information content (AvgIpc) is 3.01. The van der Waals surface area contributed by atoms with Crippen molar-refractivity contribution in [1.29, 1.82) is 0 Å². The van der Waals surface area contributed by atoms with Gasteiger partial charge in [-0.1, -0.05) is 11.6 Å². The van der Waals surface area contributed by atoms with E-state index in [-0.39, 0.29) is 16.8 Å². The smallest absolute Gasteiger partial charge is 0.292 e. The van der Waals surface area contributed by atoms with Crippen molar-refractivity contribution in [3.63, 3.8) is 0 Å². The summed E-state index contributed by atoms with van der Waals surface area (Å²) in [6.45, 7) is 1.78.